The summed E-state index contributed by atoms with van der Waals surface area (Å²) < 4.78 is 13.2. The monoisotopic (exact) mass is 486 g/mol. The molecule has 4 aromatic rings. The maximum absolute atomic E-state index is 13.1. The average Bonchev–Trinajstić information content (AvgIpc) is 3.32. The summed E-state index contributed by atoms with van der Waals surface area (Å²) in [6.45, 7) is 5.95. The number of carbonyl (C=O) groups is 2. The Morgan fingerprint density at radius 2 is 1.89 bits per heavy atom. The van der Waals surface area contributed by atoms with E-state index in [9.17, 15) is 9.59 Å². The summed E-state index contributed by atoms with van der Waals surface area (Å²) in [5, 5.41) is 5.73. The lowest BCUT2D eigenvalue weighted by Crippen LogP contribution is -2.25. The number of rotatable bonds is 11. The number of nitrogens with one attached hydrogen (secondary N) is 2. The molecule has 0 unspecified atom stereocenters. The number of imidazole rings is 1. The molecule has 4 rings (SSSR count). The van der Waals surface area contributed by atoms with Crippen LogP contribution in [0, 0.1) is 6.92 Å². The third-order valence-corrected chi connectivity index (χ3v) is 5.57. The summed E-state index contributed by atoms with van der Waals surface area (Å²) in [7, 11) is 0. The van der Waals surface area contributed by atoms with Gasteiger partial charge in [0.15, 0.2) is 0 Å². The number of aryl methyl sites for hydroxylation is 1. The normalized spacial score (nSPS) is 10.8. The van der Waals surface area contributed by atoms with Crippen LogP contribution < -0.4 is 15.4 Å². The number of hydrogen-bond donors (Lipinski definition) is 2. The second-order valence-electron chi connectivity index (χ2n) is 8.28. The van der Waals surface area contributed by atoms with Gasteiger partial charge in [-0.1, -0.05) is 24.3 Å². The Hall–Kier alpha value is -4.17. The zero-order chi connectivity index (χ0) is 25.3. The Morgan fingerprint density at radius 3 is 2.72 bits per heavy atom. The first kappa shape index (κ1) is 24.9. The van der Waals surface area contributed by atoms with E-state index < -0.39 is 0 Å². The molecular formula is C28H30N4O4. The van der Waals surface area contributed by atoms with Crippen molar-refractivity contribution in [2.75, 3.05) is 25.1 Å². The predicted molar refractivity (Wildman–Crippen MR) is 139 cm³/mol. The Labute approximate surface area is 210 Å². The molecule has 0 bridgehead atoms. The van der Waals surface area contributed by atoms with Gasteiger partial charge in [0.05, 0.1) is 11.3 Å². The van der Waals surface area contributed by atoms with Gasteiger partial charge in [-0.3, -0.25) is 9.59 Å². The number of aromatic nitrogens is 2. The molecule has 0 atom stereocenters. The molecule has 8 heteroatoms. The van der Waals surface area contributed by atoms with E-state index in [0.717, 1.165) is 23.3 Å². The van der Waals surface area contributed by atoms with Gasteiger partial charge in [0.25, 0.3) is 11.8 Å². The van der Waals surface area contributed by atoms with Crippen molar-refractivity contribution in [1.82, 2.24) is 14.7 Å². The first-order chi connectivity index (χ1) is 17.5. The van der Waals surface area contributed by atoms with Gasteiger partial charge in [0, 0.05) is 43.4 Å². The van der Waals surface area contributed by atoms with Gasteiger partial charge in [0.2, 0.25) is 0 Å². The van der Waals surface area contributed by atoms with E-state index in [0.29, 0.717) is 42.3 Å². The lowest BCUT2D eigenvalue weighted by molar-refractivity contribution is 0.0942. The van der Waals surface area contributed by atoms with Crippen molar-refractivity contribution >= 4 is 23.1 Å². The van der Waals surface area contributed by atoms with Gasteiger partial charge in [0.1, 0.15) is 18.0 Å². The highest BCUT2D eigenvalue weighted by molar-refractivity contribution is 6.06. The Morgan fingerprint density at radius 1 is 1.03 bits per heavy atom. The van der Waals surface area contributed by atoms with Crippen LogP contribution in [-0.4, -0.2) is 41.0 Å². The molecule has 0 saturated carbocycles. The van der Waals surface area contributed by atoms with E-state index in [-0.39, 0.29) is 18.4 Å². The molecular weight excluding hydrogens is 456 g/mol. The average molecular weight is 487 g/mol. The number of fused-ring (bicyclic) bond motifs is 1. The fraction of sp³-hybridized carbons (Fsp3) is 0.250. The van der Waals surface area contributed by atoms with Crippen molar-refractivity contribution in [2.24, 2.45) is 0 Å². The molecule has 0 aliphatic heterocycles. The Balaban J connectivity index is 1.39. The van der Waals surface area contributed by atoms with E-state index in [1.807, 2.05) is 48.8 Å². The first-order valence-corrected chi connectivity index (χ1v) is 12.0. The lowest BCUT2D eigenvalue weighted by atomic mass is 10.1. The molecule has 0 aliphatic carbocycles. The van der Waals surface area contributed by atoms with Crippen LogP contribution in [0.5, 0.6) is 5.75 Å². The van der Waals surface area contributed by atoms with Crippen LogP contribution in [0.25, 0.3) is 5.65 Å². The lowest BCUT2D eigenvalue weighted by Gasteiger charge is -2.12. The standard InChI is InChI=1S/C28H30N4O4/c1-3-35-16-8-14-29-27(33)21-10-6-11-22(17-21)31-28(34)24-12-4-5-13-25(24)36-19-23-18-32-15-7-9-20(2)26(32)30-23/h4-7,9-13,15,17-18H,3,8,14,16,19H2,1-2H3,(H,29,33)(H,31,34). The first-order valence-electron chi connectivity index (χ1n) is 12.0. The minimum Gasteiger partial charge on any atom is -0.486 e. The van der Waals surface area contributed by atoms with Gasteiger partial charge in [-0.15, -0.1) is 0 Å². The van der Waals surface area contributed by atoms with Gasteiger partial charge < -0.3 is 24.5 Å². The zero-order valence-corrected chi connectivity index (χ0v) is 20.5. The van der Waals surface area contributed by atoms with Crippen molar-refractivity contribution in [3.8, 4) is 5.75 Å². The highest BCUT2D eigenvalue weighted by Crippen LogP contribution is 2.22. The molecule has 186 valence electrons. The summed E-state index contributed by atoms with van der Waals surface area (Å²) >= 11 is 0. The SMILES string of the molecule is CCOCCCNC(=O)c1cccc(NC(=O)c2ccccc2OCc2cn3cccc(C)c3n2)c1. The van der Waals surface area contributed by atoms with Crippen LogP contribution in [0.15, 0.2) is 73.1 Å². The quantitative estimate of drug-likeness (QED) is 0.302. The van der Waals surface area contributed by atoms with Crippen molar-refractivity contribution in [3.05, 3.63) is 95.4 Å². The highest BCUT2D eigenvalue weighted by Gasteiger charge is 2.14. The second-order valence-corrected chi connectivity index (χ2v) is 8.28. The maximum Gasteiger partial charge on any atom is 0.259 e. The van der Waals surface area contributed by atoms with Crippen LogP contribution >= 0.6 is 0 Å². The van der Waals surface area contributed by atoms with Crippen LogP contribution in [0.2, 0.25) is 0 Å². The fourth-order valence-electron chi connectivity index (χ4n) is 3.76. The molecule has 0 fully saturated rings. The molecule has 0 radical (unpaired) electrons. The zero-order valence-electron chi connectivity index (χ0n) is 20.5. The van der Waals surface area contributed by atoms with E-state index in [2.05, 4.69) is 15.6 Å². The summed E-state index contributed by atoms with van der Waals surface area (Å²) in [6.07, 6.45) is 4.59. The van der Waals surface area contributed by atoms with Gasteiger partial charge >= 0.3 is 0 Å². The third kappa shape index (κ3) is 6.28. The van der Waals surface area contributed by atoms with Crippen molar-refractivity contribution in [1.29, 1.82) is 0 Å². The van der Waals surface area contributed by atoms with Crippen molar-refractivity contribution < 1.29 is 19.1 Å². The summed E-state index contributed by atoms with van der Waals surface area (Å²) in [5.74, 6) is -0.0771. The molecule has 36 heavy (non-hydrogen) atoms. The molecule has 0 aliphatic rings. The van der Waals surface area contributed by atoms with Crippen LogP contribution in [0.4, 0.5) is 5.69 Å². The summed E-state index contributed by atoms with van der Waals surface area (Å²) in [5.41, 5.74) is 4.09. The largest absolute Gasteiger partial charge is 0.486 e. The minimum absolute atomic E-state index is 0.200. The third-order valence-electron chi connectivity index (χ3n) is 5.57. The topological polar surface area (TPSA) is 94.0 Å². The van der Waals surface area contributed by atoms with E-state index >= 15 is 0 Å². The number of carbonyl (C=O) groups excluding carboxylic acids is 2. The van der Waals surface area contributed by atoms with Gasteiger partial charge in [-0.25, -0.2) is 4.98 Å². The number of hydrogen-bond acceptors (Lipinski definition) is 5. The van der Waals surface area contributed by atoms with Crippen LogP contribution in [0.1, 0.15) is 45.3 Å². The Bertz CT molecular complexity index is 1350. The number of anilines is 1. The maximum atomic E-state index is 13.1. The minimum atomic E-state index is -0.328. The van der Waals surface area contributed by atoms with Crippen LogP contribution in [0.3, 0.4) is 0 Å². The second kappa shape index (κ2) is 12.0. The van der Waals surface area contributed by atoms with Crippen LogP contribution in [-0.2, 0) is 11.3 Å². The molecule has 2 amide bonds. The van der Waals surface area contributed by atoms with E-state index in [1.165, 1.54) is 0 Å². The molecule has 2 N–H and O–H groups in total. The number of pyridine rings is 1. The summed E-state index contributed by atoms with van der Waals surface area (Å²) in [6, 6.07) is 17.9. The number of benzene rings is 2. The number of nitrogens with zero attached hydrogens (tertiary/aromatic N) is 2. The van der Waals surface area contributed by atoms with Crippen molar-refractivity contribution in [3.63, 3.8) is 0 Å². The Kier molecular flexibility index (Phi) is 8.31. The summed E-state index contributed by atoms with van der Waals surface area (Å²) in [4.78, 5) is 30.1. The molecule has 2 aromatic carbocycles. The molecule has 2 aromatic heterocycles. The number of para-hydroxylation sites is 1. The molecule has 2 heterocycles. The molecule has 0 saturated heterocycles. The highest BCUT2D eigenvalue weighted by atomic mass is 16.5. The van der Waals surface area contributed by atoms with Gasteiger partial charge in [-0.2, -0.15) is 0 Å². The molecule has 8 nitrogen and oxygen atoms in total. The predicted octanol–water partition coefficient (Wildman–Crippen LogP) is 4.63. The molecule has 0 spiro atoms. The fourth-order valence-corrected chi connectivity index (χ4v) is 3.76. The smallest absolute Gasteiger partial charge is 0.259 e. The van der Waals surface area contributed by atoms with Crippen molar-refractivity contribution in [2.45, 2.75) is 26.9 Å². The van der Waals surface area contributed by atoms with E-state index in [4.69, 9.17) is 9.47 Å². The number of ether oxygens (including phenoxy) is 2. The number of amides is 2. The van der Waals surface area contributed by atoms with Gasteiger partial charge in [-0.05, 0) is 62.2 Å². The van der Waals surface area contributed by atoms with E-state index in [1.54, 1.807) is 42.5 Å².